The Hall–Kier alpha value is -4.86. The van der Waals surface area contributed by atoms with E-state index in [9.17, 15) is 19.8 Å². The van der Waals surface area contributed by atoms with Crippen molar-refractivity contribution in [2.45, 2.75) is 27.7 Å². The van der Waals surface area contributed by atoms with Crippen LogP contribution in [0, 0.1) is 0 Å². The Morgan fingerprint density at radius 1 is 0.650 bits per heavy atom. The average Bonchev–Trinajstić information content (AvgIpc) is 2.96. The number of carbonyl (C=O) groups excluding carboxylic acids is 2. The minimum absolute atomic E-state index is 0.0623. The molecule has 0 heterocycles. The molecule has 3 aromatic carbocycles. The summed E-state index contributed by atoms with van der Waals surface area (Å²) in [7, 11) is 0. The fraction of sp³-hybridized carbons (Fsp3) is 0.267. The first kappa shape index (κ1) is 29.7. The minimum atomic E-state index is -0.468. The average molecular weight is 545 g/mol. The zero-order valence-corrected chi connectivity index (χ0v) is 23.3. The highest BCUT2D eigenvalue weighted by Crippen LogP contribution is 2.24. The number of carbonyl (C=O) groups is 2. The van der Waals surface area contributed by atoms with Gasteiger partial charge in [-0.15, -0.1) is 0 Å². The lowest BCUT2D eigenvalue weighted by atomic mass is 10.1. The van der Waals surface area contributed by atoms with Crippen molar-refractivity contribution < 1.29 is 19.8 Å². The summed E-state index contributed by atoms with van der Waals surface area (Å²) in [4.78, 5) is 29.1. The Bertz CT molecular complexity index is 1260. The Labute approximate surface area is 234 Å². The highest BCUT2D eigenvalue weighted by atomic mass is 16.3. The fourth-order valence-electron chi connectivity index (χ4n) is 4.08. The molecule has 0 saturated heterocycles. The van der Waals surface area contributed by atoms with Gasteiger partial charge in [0.25, 0.3) is 11.8 Å². The van der Waals surface area contributed by atoms with Crippen LogP contribution < -0.4 is 20.7 Å². The number of hydrogen-bond acceptors (Lipinski definition) is 8. The van der Waals surface area contributed by atoms with Crippen LogP contribution in [0.5, 0.6) is 11.5 Å². The van der Waals surface area contributed by atoms with Crippen molar-refractivity contribution in [1.29, 1.82) is 0 Å². The zero-order valence-electron chi connectivity index (χ0n) is 23.3. The van der Waals surface area contributed by atoms with Gasteiger partial charge in [0.05, 0.1) is 12.4 Å². The van der Waals surface area contributed by atoms with Gasteiger partial charge in [0.1, 0.15) is 11.5 Å². The molecule has 0 bridgehead atoms. The summed E-state index contributed by atoms with van der Waals surface area (Å²) in [5.74, 6) is -0.812. The van der Waals surface area contributed by atoms with Crippen LogP contribution in [-0.2, 0) is 0 Å². The summed E-state index contributed by atoms with van der Waals surface area (Å²) in [6.07, 6.45) is 2.74. The first-order valence-corrected chi connectivity index (χ1v) is 13.2. The van der Waals surface area contributed by atoms with Crippen molar-refractivity contribution in [3.05, 3.63) is 82.9 Å². The number of phenolic OH excluding ortho intramolecular Hbond substituents is 2. The van der Waals surface area contributed by atoms with Crippen molar-refractivity contribution >= 4 is 35.6 Å². The van der Waals surface area contributed by atoms with Gasteiger partial charge in [-0.3, -0.25) is 9.59 Å². The molecule has 2 amide bonds. The largest absolute Gasteiger partial charge is 0.507 e. The highest BCUT2D eigenvalue weighted by Gasteiger charge is 2.10. The Morgan fingerprint density at radius 3 is 1.30 bits per heavy atom. The number of phenols is 2. The van der Waals surface area contributed by atoms with E-state index < -0.39 is 11.8 Å². The summed E-state index contributed by atoms with van der Waals surface area (Å²) < 4.78 is 0. The van der Waals surface area contributed by atoms with Gasteiger partial charge < -0.3 is 20.0 Å². The monoisotopic (exact) mass is 544 g/mol. The number of benzene rings is 3. The molecule has 4 N–H and O–H groups in total. The van der Waals surface area contributed by atoms with Gasteiger partial charge >= 0.3 is 0 Å². The van der Waals surface area contributed by atoms with Crippen molar-refractivity contribution in [3.8, 4) is 11.5 Å². The number of nitrogens with zero attached hydrogens (tertiary/aromatic N) is 4. The fourth-order valence-corrected chi connectivity index (χ4v) is 4.08. The van der Waals surface area contributed by atoms with Gasteiger partial charge in [0.2, 0.25) is 0 Å². The first-order chi connectivity index (χ1) is 19.3. The number of amides is 2. The molecule has 0 aliphatic heterocycles. The van der Waals surface area contributed by atoms with Crippen LogP contribution in [0.3, 0.4) is 0 Å². The minimum Gasteiger partial charge on any atom is -0.507 e. The van der Waals surface area contributed by atoms with Gasteiger partial charge in [-0.05, 0) is 76.2 Å². The molecule has 0 radical (unpaired) electrons. The van der Waals surface area contributed by atoms with Crippen LogP contribution in [0.25, 0.3) is 0 Å². The molecule has 10 nitrogen and oxygen atoms in total. The predicted octanol–water partition coefficient (Wildman–Crippen LogP) is 4.32. The van der Waals surface area contributed by atoms with Gasteiger partial charge in [0, 0.05) is 71.9 Å². The van der Waals surface area contributed by atoms with Crippen molar-refractivity contribution in [3.63, 3.8) is 0 Å². The molecular formula is C30H36N6O4. The van der Waals surface area contributed by atoms with E-state index in [0.29, 0.717) is 22.3 Å². The zero-order chi connectivity index (χ0) is 29.1. The van der Waals surface area contributed by atoms with E-state index in [1.54, 1.807) is 24.3 Å². The molecule has 3 aromatic rings. The molecule has 0 aliphatic carbocycles. The third-order valence-electron chi connectivity index (χ3n) is 6.43. The third-order valence-corrected chi connectivity index (χ3v) is 6.43. The molecule has 0 saturated carbocycles. The molecule has 0 spiro atoms. The number of aromatic hydroxyl groups is 2. The van der Waals surface area contributed by atoms with E-state index in [-0.39, 0.29) is 11.5 Å². The smallest absolute Gasteiger partial charge is 0.271 e. The maximum Gasteiger partial charge on any atom is 0.271 e. The van der Waals surface area contributed by atoms with Gasteiger partial charge in [-0.25, -0.2) is 10.9 Å². The summed E-state index contributed by atoms with van der Waals surface area (Å²) in [6.45, 7) is 11.5. The predicted molar refractivity (Wildman–Crippen MR) is 160 cm³/mol. The van der Waals surface area contributed by atoms with Gasteiger partial charge in [0.15, 0.2) is 0 Å². The van der Waals surface area contributed by atoms with Crippen LogP contribution in [0.4, 0.5) is 11.4 Å². The molecule has 3 rings (SSSR count). The molecular weight excluding hydrogens is 508 g/mol. The molecule has 0 aromatic heterocycles. The molecule has 0 atom stereocenters. The highest BCUT2D eigenvalue weighted by molar-refractivity contribution is 5.98. The summed E-state index contributed by atoms with van der Waals surface area (Å²) in [5, 5.41) is 28.5. The first-order valence-electron chi connectivity index (χ1n) is 13.2. The summed E-state index contributed by atoms with van der Waals surface area (Å²) in [5.41, 5.74) is 8.19. The maximum atomic E-state index is 12.4. The van der Waals surface area contributed by atoms with Crippen LogP contribution in [0.15, 0.2) is 70.9 Å². The lowest BCUT2D eigenvalue weighted by Crippen LogP contribution is -2.21. The lowest BCUT2D eigenvalue weighted by Gasteiger charge is -2.21. The second-order valence-electron chi connectivity index (χ2n) is 8.81. The van der Waals surface area contributed by atoms with Crippen LogP contribution in [0.1, 0.15) is 59.5 Å². The number of rotatable bonds is 12. The Balaban J connectivity index is 1.55. The molecule has 0 unspecified atom stereocenters. The maximum absolute atomic E-state index is 12.4. The van der Waals surface area contributed by atoms with Gasteiger partial charge in [-0.1, -0.05) is 0 Å². The van der Waals surface area contributed by atoms with E-state index in [1.807, 2.05) is 39.8 Å². The standard InChI is InChI=1S/C30H36N6O4/c1-5-35(6-2)25-15-13-23(27(37)17-25)19-31-33-29(39)21-9-11-22(12-10-21)30(40)34-32-20-24-14-16-26(18-28(24)38)36(7-3)8-4/h9-20,37-38H,5-8H2,1-4H3,(H,33,39)(H,34,40). The molecule has 210 valence electrons. The Morgan fingerprint density at radius 2 is 1.00 bits per heavy atom. The van der Waals surface area contributed by atoms with Gasteiger partial charge in [-0.2, -0.15) is 10.2 Å². The lowest BCUT2D eigenvalue weighted by molar-refractivity contribution is 0.0943. The normalized spacial score (nSPS) is 11.1. The van der Waals surface area contributed by atoms with Crippen molar-refractivity contribution in [1.82, 2.24) is 10.9 Å². The number of hydrogen-bond donors (Lipinski definition) is 4. The summed E-state index contributed by atoms with van der Waals surface area (Å²) in [6, 6.07) is 16.6. The van der Waals surface area contributed by atoms with E-state index in [0.717, 1.165) is 37.6 Å². The van der Waals surface area contributed by atoms with E-state index >= 15 is 0 Å². The SMILES string of the molecule is CCN(CC)c1ccc(C=NNC(=O)c2ccc(C(=O)NN=Cc3ccc(N(CC)CC)cc3O)cc2)c(O)c1. The van der Waals surface area contributed by atoms with E-state index in [2.05, 4.69) is 30.9 Å². The number of hydrazone groups is 2. The Kier molecular flexibility index (Phi) is 10.6. The van der Waals surface area contributed by atoms with Crippen molar-refractivity contribution in [2.24, 2.45) is 10.2 Å². The van der Waals surface area contributed by atoms with E-state index in [4.69, 9.17) is 0 Å². The molecule has 40 heavy (non-hydrogen) atoms. The van der Waals surface area contributed by atoms with Crippen LogP contribution in [-0.4, -0.2) is 60.6 Å². The van der Waals surface area contributed by atoms with E-state index in [1.165, 1.54) is 36.7 Å². The third kappa shape index (κ3) is 7.59. The van der Waals surface area contributed by atoms with Crippen LogP contribution >= 0.6 is 0 Å². The second-order valence-corrected chi connectivity index (χ2v) is 8.81. The quantitative estimate of drug-likeness (QED) is 0.199. The molecule has 0 fully saturated rings. The molecule has 0 aliphatic rings. The number of anilines is 2. The number of nitrogens with one attached hydrogen (secondary N) is 2. The summed E-state index contributed by atoms with van der Waals surface area (Å²) >= 11 is 0. The molecule has 10 heteroatoms. The van der Waals surface area contributed by atoms with Crippen LogP contribution in [0.2, 0.25) is 0 Å². The van der Waals surface area contributed by atoms with Crippen molar-refractivity contribution in [2.75, 3.05) is 36.0 Å². The topological polar surface area (TPSA) is 130 Å². The second kappa shape index (κ2) is 14.3.